The summed E-state index contributed by atoms with van der Waals surface area (Å²) in [6.45, 7) is 3.99. The average Bonchev–Trinajstić information content (AvgIpc) is 3.05. The first-order valence-electron chi connectivity index (χ1n) is 10.1. The quantitative estimate of drug-likeness (QED) is 0.316. The summed E-state index contributed by atoms with van der Waals surface area (Å²) in [5.41, 5.74) is 2.17. The zero-order chi connectivity index (χ0) is 20.4. The second kappa shape index (κ2) is 12.7. The Kier molecular flexibility index (Phi) is 10.7. The molecule has 28 heavy (non-hydrogen) atoms. The third kappa shape index (κ3) is 7.58. The molecule has 7 heteroatoms. The van der Waals surface area contributed by atoms with E-state index in [9.17, 15) is 9.90 Å². The summed E-state index contributed by atoms with van der Waals surface area (Å²) >= 11 is 5.63. The van der Waals surface area contributed by atoms with E-state index in [4.69, 9.17) is 9.84 Å². The smallest absolute Gasteiger partial charge is 0.305 e. The molecule has 2 N–H and O–H groups in total. The number of thioether (sulfide) groups is 1. The molecular weight excluding hydrogens is 442 g/mol. The number of carbonyl (C=O) groups is 1. The standard InChI is InChI=1S/C21H32BrNO4S/c1-2-3-4-5-19(24)16-6-8-17(9-7-16)23-12-10-18(22)21(23)28-15-14-27-13-11-20(25)26/h6-9,18-19,21,24H,2-5,10-15H2,1H3,(H,25,26). The Morgan fingerprint density at radius 2 is 2.07 bits per heavy atom. The van der Waals surface area contributed by atoms with Crippen molar-refractivity contribution in [2.75, 3.05) is 30.4 Å². The number of aliphatic hydroxyl groups excluding tert-OH is 1. The molecule has 0 saturated carbocycles. The first-order valence-corrected chi connectivity index (χ1v) is 12.1. The van der Waals surface area contributed by atoms with Crippen LogP contribution in [0.1, 0.15) is 57.1 Å². The van der Waals surface area contributed by atoms with Gasteiger partial charge in [-0.2, -0.15) is 0 Å². The van der Waals surface area contributed by atoms with E-state index in [1.165, 1.54) is 5.69 Å². The first-order chi connectivity index (χ1) is 13.5. The fourth-order valence-corrected chi connectivity index (χ4v) is 5.49. The molecular formula is C21H32BrNO4S. The van der Waals surface area contributed by atoms with E-state index in [0.29, 0.717) is 16.8 Å². The lowest BCUT2D eigenvalue weighted by atomic mass is 10.0. The highest BCUT2D eigenvalue weighted by atomic mass is 79.9. The largest absolute Gasteiger partial charge is 0.481 e. The van der Waals surface area contributed by atoms with Gasteiger partial charge in [0, 0.05) is 22.8 Å². The van der Waals surface area contributed by atoms with Crippen LogP contribution in [0, 0.1) is 0 Å². The van der Waals surface area contributed by atoms with Crippen LogP contribution in [0.15, 0.2) is 24.3 Å². The van der Waals surface area contributed by atoms with Gasteiger partial charge in [-0.05, 0) is 30.5 Å². The summed E-state index contributed by atoms with van der Waals surface area (Å²) in [6.07, 6.45) is 4.96. The number of rotatable bonds is 13. The van der Waals surface area contributed by atoms with Crippen molar-refractivity contribution in [3.05, 3.63) is 29.8 Å². The molecule has 2 rings (SSSR count). The van der Waals surface area contributed by atoms with Crippen LogP contribution in [-0.4, -0.2) is 51.9 Å². The molecule has 1 aliphatic heterocycles. The number of aliphatic carboxylic acids is 1. The normalized spacial score (nSPS) is 20.5. The Balaban J connectivity index is 1.83. The molecule has 3 unspecified atom stereocenters. The molecule has 1 aromatic rings. The molecule has 1 heterocycles. The average molecular weight is 474 g/mol. The van der Waals surface area contributed by atoms with E-state index in [0.717, 1.165) is 50.0 Å². The Morgan fingerprint density at radius 3 is 2.75 bits per heavy atom. The summed E-state index contributed by atoms with van der Waals surface area (Å²) in [7, 11) is 0. The van der Waals surface area contributed by atoms with E-state index in [1.54, 1.807) is 0 Å². The number of ether oxygens (including phenoxy) is 1. The number of anilines is 1. The van der Waals surface area contributed by atoms with Gasteiger partial charge in [-0.1, -0.05) is 54.2 Å². The molecule has 158 valence electrons. The van der Waals surface area contributed by atoms with Crippen LogP contribution in [0.5, 0.6) is 0 Å². The van der Waals surface area contributed by atoms with Gasteiger partial charge in [-0.15, -0.1) is 11.8 Å². The maximum Gasteiger partial charge on any atom is 0.305 e. The molecule has 0 spiro atoms. The third-order valence-electron chi connectivity index (χ3n) is 4.93. The van der Waals surface area contributed by atoms with Crippen molar-refractivity contribution in [1.82, 2.24) is 0 Å². The summed E-state index contributed by atoms with van der Waals surface area (Å²) in [5.74, 6) is 0.00553. The van der Waals surface area contributed by atoms with Crippen LogP contribution in [0.2, 0.25) is 0 Å². The van der Waals surface area contributed by atoms with Crippen molar-refractivity contribution in [2.45, 2.75) is 61.8 Å². The predicted molar refractivity (Wildman–Crippen MR) is 120 cm³/mol. The minimum atomic E-state index is -0.825. The van der Waals surface area contributed by atoms with Crippen molar-refractivity contribution in [2.24, 2.45) is 0 Å². The fraction of sp³-hybridized carbons (Fsp3) is 0.667. The van der Waals surface area contributed by atoms with Gasteiger partial charge < -0.3 is 19.8 Å². The van der Waals surface area contributed by atoms with Gasteiger partial charge in [0.25, 0.3) is 0 Å². The van der Waals surface area contributed by atoms with E-state index in [-0.39, 0.29) is 19.1 Å². The van der Waals surface area contributed by atoms with Gasteiger partial charge >= 0.3 is 5.97 Å². The Labute approximate surface area is 181 Å². The van der Waals surface area contributed by atoms with Crippen LogP contribution in [0.25, 0.3) is 0 Å². The molecule has 1 saturated heterocycles. The molecule has 1 aliphatic rings. The summed E-state index contributed by atoms with van der Waals surface area (Å²) in [4.78, 5) is 13.3. The lowest BCUT2D eigenvalue weighted by Gasteiger charge is -2.28. The van der Waals surface area contributed by atoms with E-state index in [1.807, 2.05) is 23.9 Å². The summed E-state index contributed by atoms with van der Waals surface area (Å²) < 4.78 is 5.40. The zero-order valence-electron chi connectivity index (χ0n) is 16.6. The maximum absolute atomic E-state index is 10.5. The SMILES string of the molecule is CCCCCC(O)c1ccc(N2CCC(Br)C2SCCOCCC(=O)O)cc1. The molecule has 3 atom stereocenters. The zero-order valence-corrected chi connectivity index (χ0v) is 19.0. The molecule has 0 radical (unpaired) electrons. The Bertz CT molecular complexity index is 586. The minimum Gasteiger partial charge on any atom is -0.481 e. The van der Waals surface area contributed by atoms with Gasteiger partial charge in [-0.3, -0.25) is 4.79 Å². The number of carboxylic acid groups (broad SMARTS) is 1. The van der Waals surface area contributed by atoms with Crippen LogP contribution < -0.4 is 4.90 Å². The van der Waals surface area contributed by atoms with Crippen LogP contribution >= 0.6 is 27.7 Å². The van der Waals surface area contributed by atoms with E-state index >= 15 is 0 Å². The number of hydrogen-bond donors (Lipinski definition) is 2. The van der Waals surface area contributed by atoms with E-state index < -0.39 is 5.97 Å². The van der Waals surface area contributed by atoms with Crippen molar-refractivity contribution in [3.8, 4) is 0 Å². The van der Waals surface area contributed by atoms with Gasteiger partial charge in [0.05, 0.1) is 31.1 Å². The molecule has 1 aromatic carbocycles. The number of alkyl halides is 1. The summed E-state index contributed by atoms with van der Waals surface area (Å²) in [6, 6.07) is 8.31. The number of hydrogen-bond acceptors (Lipinski definition) is 5. The predicted octanol–water partition coefficient (Wildman–Crippen LogP) is 4.82. The van der Waals surface area contributed by atoms with Crippen LogP contribution in [0.4, 0.5) is 5.69 Å². The lowest BCUT2D eigenvalue weighted by molar-refractivity contribution is -0.138. The van der Waals surface area contributed by atoms with Gasteiger partial charge in [-0.25, -0.2) is 0 Å². The number of carboxylic acids is 1. The van der Waals surface area contributed by atoms with Crippen molar-refractivity contribution in [3.63, 3.8) is 0 Å². The van der Waals surface area contributed by atoms with Crippen molar-refractivity contribution >= 4 is 39.3 Å². The number of benzene rings is 1. The second-order valence-electron chi connectivity index (χ2n) is 7.12. The fourth-order valence-electron chi connectivity index (χ4n) is 3.33. The molecule has 0 bridgehead atoms. The van der Waals surface area contributed by atoms with Gasteiger partial charge in [0.1, 0.15) is 0 Å². The number of aliphatic hydroxyl groups is 1. The second-order valence-corrected chi connectivity index (χ2v) is 9.52. The monoisotopic (exact) mass is 473 g/mol. The van der Waals surface area contributed by atoms with Crippen LogP contribution in [0.3, 0.4) is 0 Å². The number of unbranched alkanes of at least 4 members (excludes halogenated alkanes) is 2. The molecule has 1 fully saturated rings. The minimum absolute atomic E-state index is 0.0535. The number of halogens is 1. The first kappa shape index (κ1) is 23.5. The topological polar surface area (TPSA) is 70.0 Å². The van der Waals surface area contributed by atoms with Crippen molar-refractivity contribution < 1.29 is 19.7 Å². The summed E-state index contributed by atoms with van der Waals surface area (Å²) in [5, 5.41) is 19.3. The Morgan fingerprint density at radius 1 is 1.32 bits per heavy atom. The highest BCUT2D eigenvalue weighted by Gasteiger charge is 2.32. The lowest BCUT2D eigenvalue weighted by Crippen LogP contribution is -2.30. The van der Waals surface area contributed by atoms with Crippen molar-refractivity contribution in [1.29, 1.82) is 0 Å². The third-order valence-corrected chi connectivity index (χ3v) is 7.56. The van der Waals surface area contributed by atoms with Gasteiger partial charge in [0.15, 0.2) is 0 Å². The maximum atomic E-state index is 10.5. The molecule has 5 nitrogen and oxygen atoms in total. The number of nitrogens with zero attached hydrogens (tertiary/aromatic N) is 1. The van der Waals surface area contributed by atoms with Gasteiger partial charge in [0.2, 0.25) is 0 Å². The highest BCUT2D eigenvalue weighted by Crippen LogP contribution is 2.36. The van der Waals surface area contributed by atoms with E-state index in [2.05, 4.69) is 39.9 Å². The molecule has 0 amide bonds. The van der Waals surface area contributed by atoms with Crippen LogP contribution in [-0.2, 0) is 9.53 Å². The molecule has 0 aliphatic carbocycles. The molecule has 0 aromatic heterocycles. The highest BCUT2D eigenvalue weighted by molar-refractivity contribution is 9.09. The Hall–Kier alpha value is -0.760.